The lowest BCUT2D eigenvalue weighted by atomic mass is 9.96. The van der Waals surface area contributed by atoms with Crippen molar-refractivity contribution in [2.45, 2.75) is 19.9 Å². The first-order chi connectivity index (χ1) is 13.0. The van der Waals surface area contributed by atoms with Crippen molar-refractivity contribution in [2.75, 3.05) is 13.6 Å². The molecule has 1 aliphatic rings. The Labute approximate surface area is 163 Å². The molecule has 27 heavy (non-hydrogen) atoms. The van der Waals surface area contributed by atoms with Gasteiger partial charge in [0.15, 0.2) is 0 Å². The van der Waals surface area contributed by atoms with Crippen molar-refractivity contribution in [2.24, 2.45) is 14.1 Å². The van der Waals surface area contributed by atoms with Crippen LogP contribution in [0.5, 0.6) is 0 Å². The fraction of sp³-hybridized carbons (Fsp3) is 0.318. The lowest BCUT2D eigenvalue weighted by molar-refractivity contribution is 0.310. The number of fused-ring (bicyclic) bond motifs is 3. The molecule has 0 unspecified atom stereocenters. The molecule has 4 nitrogen and oxygen atoms in total. The monoisotopic (exact) mass is 376 g/mol. The Kier molecular flexibility index (Phi) is 3.78. The summed E-state index contributed by atoms with van der Waals surface area (Å²) in [7, 11) is 6.47. The molecule has 4 aromatic rings. The van der Waals surface area contributed by atoms with Gasteiger partial charge in [-0.3, -0.25) is 4.68 Å². The van der Waals surface area contributed by atoms with Crippen LogP contribution in [-0.2, 0) is 27.1 Å². The largest absolute Gasteiger partial charge is 0.347 e. The summed E-state index contributed by atoms with van der Waals surface area (Å²) >= 11 is 1.76. The molecule has 0 bridgehead atoms. The van der Waals surface area contributed by atoms with Crippen LogP contribution in [0.25, 0.3) is 33.3 Å². The maximum absolute atomic E-state index is 4.38. The van der Waals surface area contributed by atoms with Crippen molar-refractivity contribution in [3.63, 3.8) is 0 Å². The lowest BCUT2D eigenvalue weighted by Gasteiger charge is -2.23. The Bertz CT molecular complexity index is 1160. The van der Waals surface area contributed by atoms with Gasteiger partial charge in [0.25, 0.3) is 0 Å². The zero-order valence-corrected chi connectivity index (χ0v) is 17.1. The van der Waals surface area contributed by atoms with Gasteiger partial charge < -0.3 is 9.47 Å². The molecule has 0 fully saturated rings. The number of benzene rings is 1. The van der Waals surface area contributed by atoms with E-state index in [1.54, 1.807) is 11.3 Å². The number of likely N-dealkylation sites (N-methyl/N-ethyl adjacent to an activating group) is 1. The first kappa shape index (κ1) is 16.8. The molecule has 0 saturated heterocycles. The summed E-state index contributed by atoms with van der Waals surface area (Å²) in [5, 5.41) is 10.3. The van der Waals surface area contributed by atoms with Crippen molar-refractivity contribution in [1.82, 2.24) is 19.2 Å². The van der Waals surface area contributed by atoms with E-state index in [1.165, 1.54) is 50.1 Å². The second-order valence-electron chi connectivity index (χ2n) is 7.72. The number of thiophene rings is 1. The van der Waals surface area contributed by atoms with Crippen LogP contribution in [0.3, 0.4) is 0 Å². The zero-order valence-electron chi connectivity index (χ0n) is 16.3. The fourth-order valence-corrected chi connectivity index (χ4v) is 5.39. The fourth-order valence-electron chi connectivity index (χ4n) is 4.55. The number of hydrogen-bond donors (Lipinski definition) is 0. The van der Waals surface area contributed by atoms with E-state index >= 15 is 0 Å². The second-order valence-corrected chi connectivity index (χ2v) is 8.46. The van der Waals surface area contributed by atoms with Crippen LogP contribution in [0, 0.1) is 6.92 Å². The van der Waals surface area contributed by atoms with Gasteiger partial charge in [0.05, 0.1) is 11.2 Å². The van der Waals surface area contributed by atoms with E-state index in [4.69, 9.17) is 0 Å². The highest BCUT2D eigenvalue weighted by Crippen LogP contribution is 2.42. The van der Waals surface area contributed by atoms with Gasteiger partial charge in [0.1, 0.15) is 0 Å². The second kappa shape index (κ2) is 6.08. The van der Waals surface area contributed by atoms with Crippen LogP contribution < -0.4 is 0 Å². The average molecular weight is 377 g/mol. The molecule has 0 aliphatic carbocycles. The van der Waals surface area contributed by atoms with Crippen LogP contribution >= 0.6 is 11.3 Å². The molecule has 0 atom stereocenters. The van der Waals surface area contributed by atoms with Crippen LogP contribution in [0.15, 0.2) is 35.2 Å². The predicted octanol–water partition coefficient (Wildman–Crippen LogP) is 4.60. The highest BCUT2D eigenvalue weighted by Gasteiger charge is 2.24. The lowest BCUT2D eigenvalue weighted by Crippen LogP contribution is -2.26. The molecule has 5 heteroatoms. The van der Waals surface area contributed by atoms with Crippen molar-refractivity contribution in [3.05, 3.63) is 52.0 Å². The Morgan fingerprint density at radius 1 is 1.04 bits per heavy atom. The molecule has 3 aromatic heterocycles. The Balaban J connectivity index is 1.81. The molecule has 5 rings (SSSR count). The minimum Gasteiger partial charge on any atom is -0.347 e. The van der Waals surface area contributed by atoms with Gasteiger partial charge in [-0.2, -0.15) is 16.4 Å². The van der Waals surface area contributed by atoms with Gasteiger partial charge in [-0.05, 0) is 48.7 Å². The number of rotatable bonds is 2. The zero-order chi connectivity index (χ0) is 18.7. The Hall–Kier alpha value is -2.37. The molecular formula is C22H24N4S. The topological polar surface area (TPSA) is 26.0 Å². The van der Waals surface area contributed by atoms with E-state index in [-0.39, 0.29) is 0 Å². The number of hydrogen-bond acceptors (Lipinski definition) is 3. The smallest absolute Gasteiger partial charge is 0.0693 e. The number of aryl methyl sites for hydroxylation is 3. The summed E-state index contributed by atoms with van der Waals surface area (Å²) in [6.07, 6.45) is 2.99. The van der Waals surface area contributed by atoms with Crippen molar-refractivity contribution in [3.8, 4) is 22.4 Å². The van der Waals surface area contributed by atoms with Gasteiger partial charge in [0.2, 0.25) is 0 Å². The molecule has 1 aliphatic heterocycles. The summed E-state index contributed by atoms with van der Waals surface area (Å²) in [4.78, 5) is 2.43. The molecule has 0 N–H and O–H groups in total. The Morgan fingerprint density at radius 3 is 2.63 bits per heavy atom. The summed E-state index contributed by atoms with van der Waals surface area (Å²) < 4.78 is 4.40. The van der Waals surface area contributed by atoms with Crippen LogP contribution in [0.4, 0.5) is 0 Å². The Morgan fingerprint density at radius 2 is 1.85 bits per heavy atom. The van der Waals surface area contributed by atoms with E-state index in [2.05, 4.69) is 64.5 Å². The first-order valence-electron chi connectivity index (χ1n) is 9.39. The molecule has 4 heterocycles. The number of aromatic nitrogens is 3. The maximum atomic E-state index is 4.38. The summed E-state index contributed by atoms with van der Waals surface area (Å²) in [5.74, 6) is 0. The van der Waals surface area contributed by atoms with Gasteiger partial charge in [-0.15, -0.1) is 0 Å². The van der Waals surface area contributed by atoms with E-state index in [0.29, 0.717) is 0 Å². The van der Waals surface area contributed by atoms with E-state index in [1.807, 2.05) is 17.9 Å². The van der Waals surface area contributed by atoms with Crippen molar-refractivity contribution >= 4 is 22.2 Å². The molecule has 0 spiro atoms. The highest BCUT2D eigenvalue weighted by molar-refractivity contribution is 7.08. The molecule has 0 amide bonds. The molecule has 0 radical (unpaired) electrons. The third-order valence-electron chi connectivity index (χ3n) is 5.88. The van der Waals surface area contributed by atoms with Crippen LogP contribution in [0.1, 0.15) is 16.8 Å². The van der Waals surface area contributed by atoms with Gasteiger partial charge >= 0.3 is 0 Å². The highest BCUT2D eigenvalue weighted by atomic mass is 32.1. The van der Waals surface area contributed by atoms with E-state index in [9.17, 15) is 0 Å². The van der Waals surface area contributed by atoms with Crippen LogP contribution in [0.2, 0.25) is 0 Å². The molecule has 0 saturated carbocycles. The minimum atomic E-state index is 1.04. The van der Waals surface area contributed by atoms with Gasteiger partial charge in [0, 0.05) is 73.0 Å². The van der Waals surface area contributed by atoms with Gasteiger partial charge in [-0.25, -0.2) is 0 Å². The summed E-state index contributed by atoms with van der Waals surface area (Å²) in [5.41, 5.74) is 10.8. The third kappa shape index (κ3) is 2.49. The SMILES string of the molecule is Cc1cc(-c2cscc2-c2ccnn2C)c2c(c1)c1c(n2C)CCN(C)C1. The van der Waals surface area contributed by atoms with Crippen molar-refractivity contribution in [1.29, 1.82) is 0 Å². The van der Waals surface area contributed by atoms with Crippen LogP contribution in [-0.4, -0.2) is 32.8 Å². The first-order valence-corrected chi connectivity index (χ1v) is 10.3. The minimum absolute atomic E-state index is 1.04. The molecule has 138 valence electrons. The maximum Gasteiger partial charge on any atom is 0.0693 e. The number of nitrogens with zero attached hydrogens (tertiary/aromatic N) is 4. The summed E-state index contributed by atoms with van der Waals surface area (Å²) in [6.45, 7) is 4.38. The predicted molar refractivity (Wildman–Crippen MR) is 113 cm³/mol. The van der Waals surface area contributed by atoms with E-state index in [0.717, 1.165) is 19.5 Å². The van der Waals surface area contributed by atoms with Gasteiger partial charge in [-0.1, -0.05) is 0 Å². The quantitative estimate of drug-likeness (QED) is 0.511. The standard InChI is InChI=1S/C22H24N4S/c1-14-9-15-17-11-24(2)8-6-20(17)25(3)22(15)16(10-14)18-12-27-13-19(18)21-5-7-23-26(21)4/h5,7,9-10,12-13H,6,8,11H2,1-4H3. The molecular weight excluding hydrogens is 352 g/mol. The van der Waals surface area contributed by atoms with E-state index < -0.39 is 0 Å². The third-order valence-corrected chi connectivity index (χ3v) is 6.62. The average Bonchev–Trinajstić information content (AvgIpc) is 3.33. The van der Waals surface area contributed by atoms with Crippen molar-refractivity contribution < 1.29 is 0 Å². The normalized spacial score (nSPS) is 14.8. The summed E-state index contributed by atoms with van der Waals surface area (Å²) in [6, 6.07) is 6.82. The molecule has 1 aromatic carbocycles.